The maximum atomic E-state index is 13.6. The minimum absolute atomic E-state index is 0.170. The summed E-state index contributed by atoms with van der Waals surface area (Å²) in [7, 11) is -3.82. The molecule has 3 aromatic heterocycles. The van der Waals surface area contributed by atoms with Gasteiger partial charge in [-0.2, -0.15) is 0 Å². The predicted molar refractivity (Wildman–Crippen MR) is 135 cm³/mol. The van der Waals surface area contributed by atoms with Crippen molar-refractivity contribution in [1.29, 1.82) is 5.41 Å². The number of ether oxygens (including phenoxy) is 2. The van der Waals surface area contributed by atoms with Crippen LogP contribution >= 0.6 is 0 Å². The van der Waals surface area contributed by atoms with E-state index < -0.39 is 21.2 Å². The summed E-state index contributed by atoms with van der Waals surface area (Å²) in [6.07, 6.45) is 7.52. The lowest BCUT2D eigenvalue weighted by molar-refractivity contribution is -0.125. The summed E-state index contributed by atoms with van der Waals surface area (Å²) in [6.45, 7) is 2.98. The third-order valence-electron chi connectivity index (χ3n) is 5.68. The van der Waals surface area contributed by atoms with Gasteiger partial charge in [0.25, 0.3) is 0 Å². The van der Waals surface area contributed by atoms with Gasteiger partial charge in [0.1, 0.15) is 11.6 Å². The highest BCUT2D eigenvalue weighted by Gasteiger charge is 2.43. The molecule has 0 aliphatic carbocycles. The lowest BCUT2D eigenvalue weighted by atomic mass is 9.76. The van der Waals surface area contributed by atoms with E-state index in [4.69, 9.17) is 14.9 Å². The molecule has 3 N–H and O–H groups in total. The number of anilines is 2. The van der Waals surface area contributed by atoms with E-state index in [0.29, 0.717) is 61.3 Å². The van der Waals surface area contributed by atoms with Gasteiger partial charge in [0, 0.05) is 37.4 Å². The first-order valence-corrected chi connectivity index (χ1v) is 13.1. The van der Waals surface area contributed by atoms with E-state index in [-0.39, 0.29) is 11.9 Å². The molecule has 0 saturated carbocycles. The Hall–Kier alpha value is -4.04. The van der Waals surface area contributed by atoms with Crippen molar-refractivity contribution < 1.29 is 22.7 Å². The lowest BCUT2D eigenvalue weighted by Gasteiger charge is -2.35. The van der Waals surface area contributed by atoms with Gasteiger partial charge in [0.15, 0.2) is 0 Å². The minimum atomic E-state index is -3.82. The van der Waals surface area contributed by atoms with Gasteiger partial charge >= 0.3 is 0 Å². The second-order valence-corrected chi connectivity index (χ2v) is 9.88. The van der Waals surface area contributed by atoms with Gasteiger partial charge in [-0.3, -0.25) is 14.5 Å². The Balaban J connectivity index is 1.56. The fraction of sp³-hybridized carbons (Fsp3) is 0.348. The Kier molecular flexibility index (Phi) is 7.98. The van der Waals surface area contributed by atoms with Crippen LogP contribution in [0.2, 0.25) is 0 Å². The topological polar surface area (TPSA) is 182 Å². The summed E-state index contributed by atoms with van der Waals surface area (Å²) >= 11 is 0. The van der Waals surface area contributed by atoms with E-state index in [1.54, 1.807) is 30.6 Å². The van der Waals surface area contributed by atoms with E-state index in [9.17, 15) is 13.2 Å². The number of amides is 1. The molecule has 0 aromatic carbocycles. The lowest BCUT2D eigenvalue weighted by Crippen LogP contribution is -2.45. The molecule has 4 heterocycles. The standard InChI is InChI=1S/C23H26N8O5S/c1-2-36-20-15-25-14-17(28-20)16-3-4-19(27-13-16)30-21(32)23(6-10-35-11-7-23)18-5-9-26-22(29-18)31-37(33,34)12-8-24/h3-5,8-9,13-15,24H,2,6-7,10-12H2,1H3,(H,26,29,31)(H,27,30,32). The van der Waals surface area contributed by atoms with Crippen molar-refractivity contribution >= 4 is 33.9 Å². The fourth-order valence-corrected chi connectivity index (χ4v) is 4.52. The highest BCUT2D eigenvalue weighted by Crippen LogP contribution is 2.35. The van der Waals surface area contributed by atoms with Crippen LogP contribution in [0.25, 0.3) is 11.3 Å². The number of carbonyl (C=O) groups is 1. The highest BCUT2D eigenvalue weighted by molar-refractivity contribution is 7.93. The summed E-state index contributed by atoms with van der Waals surface area (Å²) in [5.41, 5.74) is 0.554. The zero-order valence-electron chi connectivity index (χ0n) is 20.0. The molecule has 1 fully saturated rings. The molecule has 1 amide bonds. The number of carbonyl (C=O) groups excluding carboxylic acids is 1. The Morgan fingerprint density at radius 2 is 1.97 bits per heavy atom. The molecule has 0 radical (unpaired) electrons. The van der Waals surface area contributed by atoms with Crippen molar-refractivity contribution in [2.24, 2.45) is 0 Å². The third kappa shape index (κ3) is 6.21. The second kappa shape index (κ2) is 11.3. The van der Waals surface area contributed by atoms with E-state index in [1.165, 1.54) is 12.4 Å². The second-order valence-electron chi connectivity index (χ2n) is 8.11. The van der Waals surface area contributed by atoms with Crippen LogP contribution in [-0.4, -0.2) is 71.0 Å². The van der Waals surface area contributed by atoms with Crippen LogP contribution in [-0.2, 0) is 25.0 Å². The molecule has 4 rings (SSSR count). The maximum Gasteiger partial charge on any atom is 0.240 e. The average molecular weight is 527 g/mol. The number of hydrogen-bond donors (Lipinski definition) is 3. The largest absolute Gasteiger partial charge is 0.477 e. The molecule has 37 heavy (non-hydrogen) atoms. The summed E-state index contributed by atoms with van der Waals surface area (Å²) in [5, 5.41) is 9.89. The van der Waals surface area contributed by atoms with Crippen LogP contribution < -0.4 is 14.8 Å². The van der Waals surface area contributed by atoms with Gasteiger partial charge in [-0.25, -0.2) is 28.4 Å². The Bertz CT molecular complexity index is 1360. The number of aromatic nitrogens is 5. The first-order valence-electron chi connectivity index (χ1n) is 11.5. The van der Waals surface area contributed by atoms with Gasteiger partial charge in [0.05, 0.1) is 35.8 Å². The first-order chi connectivity index (χ1) is 17.8. The Morgan fingerprint density at radius 1 is 1.16 bits per heavy atom. The first kappa shape index (κ1) is 26.0. The zero-order valence-corrected chi connectivity index (χ0v) is 20.9. The predicted octanol–water partition coefficient (Wildman–Crippen LogP) is 1.81. The van der Waals surface area contributed by atoms with Crippen LogP contribution in [0.3, 0.4) is 0 Å². The molecular formula is C23H26N8O5S. The van der Waals surface area contributed by atoms with E-state index in [1.807, 2.05) is 6.92 Å². The summed E-state index contributed by atoms with van der Waals surface area (Å²) < 4.78 is 37.2. The summed E-state index contributed by atoms with van der Waals surface area (Å²) in [5.74, 6) is -0.293. The fourth-order valence-electron chi connectivity index (χ4n) is 3.84. The third-order valence-corrected chi connectivity index (χ3v) is 6.78. The van der Waals surface area contributed by atoms with Gasteiger partial charge in [-0.1, -0.05) is 0 Å². The maximum absolute atomic E-state index is 13.6. The van der Waals surface area contributed by atoms with Gasteiger partial charge in [0.2, 0.25) is 27.8 Å². The van der Waals surface area contributed by atoms with E-state index in [0.717, 1.165) is 6.21 Å². The number of rotatable bonds is 10. The molecule has 14 heteroatoms. The van der Waals surface area contributed by atoms with Crippen molar-refractivity contribution in [1.82, 2.24) is 24.9 Å². The van der Waals surface area contributed by atoms with Crippen molar-refractivity contribution in [3.63, 3.8) is 0 Å². The minimum Gasteiger partial charge on any atom is -0.477 e. The molecule has 3 aromatic rings. The highest BCUT2D eigenvalue weighted by atomic mass is 32.2. The molecule has 0 atom stereocenters. The SMILES string of the molecule is CCOc1cncc(-c2ccc(NC(=O)C3(c4ccnc(NS(=O)(=O)CC=N)n4)CCOCC3)nc2)n1. The molecule has 194 valence electrons. The van der Waals surface area contributed by atoms with E-state index >= 15 is 0 Å². The monoisotopic (exact) mass is 526 g/mol. The molecule has 13 nitrogen and oxygen atoms in total. The normalized spacial score (nSPS) is 14.9. The van der Waals surface area contributed by atoms with Crippen LogP contribution in [0.15, 0.2) is 43.0 Å². The number of nitrogens with one attached hydrogen (secondary N) is 3. The number of hydrogen-bond acceptors (Lipinski definition) is 11. The van der Waals surface area contributed by atoms with E-state index in [2.05, 4.69) is 35.0 Å². The molecule has 0 bridgehead atoms. The molecule has 1 aliphatic rings. The molecule has 0 spiro atoms. The van der Waals surface area contributed by atoms with Crippen LogP contribution in [0.5, 0.6) is 5.88 Å². The molecule has 1 aliphatic heterocycles. The van der Waals surface area contributed by atoms with Crippen LogP contribution in [0.1, 0.15) is 25.5 Å². The Labute approximate surface area is 213 Å². The van der Waals surface area contributed by atoms with Gasteiger partial charge < -0.3 is 20.2 Å². The van der Waals surface area contributed by atoms with Gasteiger partial charge in [-0.05, 0) is 38.0 Å². The number of nitrogens with zero attached hydrogens (tertiary/aromatic N) is 5. The zero-order chi connectivity index (χ0) is 26.3. The summed E-state index contributed by atoms with van der Waals surface area (Å²) in [4.78, 5) is 34.8. The van der Waals surface area contributed by atoms with Crippen molar-refractivity contribution in [3.05, 3.63) is 48.7 Å². The van der Waals surface area contributed by atoms with Crippen LogP contribution in [0.4, 0.5) is 11.8 Å². The van der Waals surface area contributed by atoms with Crippen molar-refractivity contribution in [2.75, 3.05) is 35.6 Å². The van der Waals surface area contributed by atoms with Gasteiger partial charge in [-0.15, -0.1) is 0 Å². The van der Waals surface area contributed by atoms with Crippen molar-refractivity contribution in [2.45, 2.75) is 25.2 Å². The van der Waals surface area contributed by atoms with Crippen LogP contribution in [0, 0.1) is 5.41 Å². The Morgan fingerprint density at radius 3 is 2.68 bits per heavy atom. The van der Waals surface area contributed by atoms with Crippen molar-refractivity contribution in [3.8, 4) is 17.1 Å². The molecule has 0 unspecified atom stereocenters. The number of sulfonamides is 1. The molecule has 1 saturated heterocycles. The smallest absolute Gasteiger partial charge is 0.240 e. The average Bonchev–Trinajstić information content (AvgIpc) is 2.90. The molecular weight excluding hydrogens is 500 g/mol. The summed E-state index contributed by atoms with van der Waals surface area (Å²) in [6, 6.07) is 5.01. The number of pyridine rings is 1. The quantitative estimate of drug-likeness (QED) is 0.329.